The van der Waals surface area contributed by atoms with Gasteiger partial charge in [-0.05, 0) is 18.2 Å². The van der Waals surface area contributed by atoms with Crippen LogP contribution in [-0.4, -0.2) is 24.2 Å². The molecule has 1 heterocycles. The second-order valence-electron chi connectivity index (χ2n) is 4.32. The monoisotopic (exact) mass is 230 g/mol. The van der Waals surface area contributed by atoms with Gasteiger partial charge in [-0.15, -0.1) is 0 Å². The first kappa shape index (κ1) is 11.9. The maximum atomic E-state index is 5.66. The van der Waals surface area contributed by atoms with E-state index in [0.717, 1.165) is 23.2 Å². The highest BCUT2D eigenvalue weighted by molar-refractivity contribution is 5.79. The number of nitrogens with zero attached hydrogens (tertiary/aromatic N) is 1. The van der Waals surface area contributed by atoms with E-state index in [1.54, 1.807) is 6.20 Å². The second kappa shape index (κ2) is 5.64. The summed E-state index contributed by atoms with van der Waals surface area (Å²) >= 11 is 0. The maximum Gasteiger partial charge on any atom is 0.121 e. The first-order valence-corrected chi connectivity index (χ1v) is 5.96. The predicted octanol–water partition coefficient (Wildman–Crippen LogP) is 2.61. The third kappa shape index (κ3) is 3.43. The van der Waals surface area contributed by atoms with Gasteiger partial charge in [-0.3, -0.25) is 4.98 Å². The third-order valence-corrected chi connectivity index (χ3v) is 2.50. The molecule has 3 nitrogen and oxygen atoms in total. The minimum atomic E-state index is 0.497. The zero-order chi connectivity index (χ0) is 12.1. The van der Waals surface area contributed by atoms with Crippen molar-refractivity contribution >= 4 is 10.9 Å². The van der Waals surface area contributed by atoms with Crippen LogP contribution in [0.1, 0.15) is 13.8 Å². The van der Waals surface area contributed by atoms with Crippen molar-refractivity contribution in [2.45, 2.75) is 19.9 Å². The molecule has 0 radical (unpaired) electrons. The lowest BCUT2D eigenvalue weighted by Gasteiger charge is -2.10. The fourth-order valence-electron chi connectivity index (χ4n) is 1.65. The van der Waals surface area contributed by atoms with Crippen LogP contribution in [0, 0.1) is 0 Å². The average Bonchev–Trinajstić information content (AvgIpc) is 2.34. The Hall–Kier alpha value is -1.61. The van der Waals surface area contributed by atoms with E-state index in [-0.39, 0.29) is 0 Å². The van der Waals surface area contributed by atoms with E-state index < -0.39 is 0 Å². The molecule has 0 fully saturated rings. The predicted molar refractivity (Wildman–Crippen MR) is 70.4 cm³/mol. The summed E-state index contributed by atoms with van der Waals surface area (Å²) in [6.45, 7) is 5.79. The molecule has 0 atom stereocenters. The van der Waals surface area contributed by atoms with Crippen LogP contribution in [0.3, 0.4) is 0 Å². The van der Waals surface area contributed by atoms with Crippen LogP contribution in [-0.2, 0) is 0 Å². The van der Waals surface area contributed by atoms with Crippen LogP contribution >= 0.6 is 0 Å². The lowest BCUT2D eigenvalue weighted by molar-refractivity contribution is 0.309. The number of hydrogen-bond acceptors (Lipinski definition) is 3. The van der Waals surface area contributed by atoms with Gasteiger partial charge < -0.3 is 10.1 Å². The highest BCUT2D eigenvalue weighted by Crippen LogP contribution is 2.18. The topological polar surface area (TPSA) is 34.1 Å². The number of pyridine rings is 1. The fourth-order valence-corrected chi connectivity index (χ4v) is 1.65. The molecule has 2 rings (SSSR count). The zero-order valence-corrected chi connectivity index (χ0v) is 10.3. The third-order valence-electron chi connectivity index (χ3n) is 2.50. The summed E-state index contributed by atoms with van der Waals surface area (Å²) in [7, 11) is 0. The first-order valence-electron chi connectivity index (χ1n) is 5.96. The maximum absolute atomic E-state index is 5.66. The number of benzene rings is 1. The van der Waals surface area contributed by atoms with Crippen LogP contribution in [0.4, 0.5) is 0 Å². The van der Waals surface area contributed by atoms with Crippen molar-refractivity contribution in [2.75, 3.05) is 13.2 Å². The Morgan fingerprint density at radius 3 is 3.00 bits per heavy atom. The Balaban J connectivity index is 1.95. The average molecular weight is 230 g/mol. The van der Waals surface area contributed by atoms with Gasteiger partial charge in [0, 0.05) is 30.2 Å². The first-order chi connectivity index (χ1) is 8.25. The van der Waals surface area contributed by atoms with Crippen molar-refractivity contribution in [3.05, 3.63) is 36.5 Å². The van der Waals surface area contributed by atoms with E-state index in [2.05, 4.69) is 24.1 Å². The van der Waals surface area contributed by atoms with E-state index >= 15 is 0 Å². The number of hydrogen-bond donors (Lipinski definition) is 1. The molecule has 2 aromatic rings. The summed E-state index contributed by atoms with van der Waals surface area (Å²) in [6.07, 6.45) is 1.80. The standard InChI is InChI=1S/C14H18N2O/c1-11(2)15-8-9-17-13-6-5-12-4-3-7-16-14(12)10-13/h3-7,10-11,15H,8-9H2,1-2H3. The Morgan fingerprint density at radius 1 is 1.29 bits per heavy atom. The summed E-state index contributed by atoms with van der Waals surface area (Å²) < 4.78 is 5.66. The van der Waals surface area contributed by atoms with E-state index in [0.29, 0.717) is 12.6 Å². The van der Waals surface area contributed by atoms with Crippen molar-refractivity contribution in [1.82, 2.24) is 10.3 Å². The molecule has 0 saturated carbocycles. The fraction of sp³-hybridized carbons (Fsp3) is 0.357. The zero-order valence-electron chi connectivity index (χ0n) is 10.3. The minimum Gasteiger partial charge on any atom is -0.492 e. The highest BCUT2D eigenvalue weighted by Gasteiger charge is 1.98. The smallest absolute Gasteiger partial charge is 0.121 e. The molecule has 0 aliphatic rings. The molecule has 1 aromatic heterocycles. The number of fused-ring (bicyclic) bond motifs is 1. The second-order valence-corrected chi connectivity index (χ2v) is 4.32. The molecular weight excluding hydrogens is 212 g/mol. The van der Waals surface area contributed by atoms with Crippen LogP contribution < -0.4 is 10.1 Å². The number of rotatable bonds is 5. The van der Waals surface area contributed by atoms with Gasteiger partial charge in [0.2, 0.25) is 0 Å². The highest BCUT2D eigenvalue weighted by atomic mass is 16.5. The van der Waals surface area contributed by atoms with Crippen LogP contribution in [0.5, 0.6) is 5.75 Å². The number of aromatic nitrogens is 1. The quantitative estimate of drug-likeness (QED) is 0.802. The largest absolute Gasteiger partial charge is 0.492 e. The van der Waals surface area contributed by atoms with Crippen molar-refractivity contribution in [2.24, 2.45) is 0 Å². The van der Waals surface area contributed by atoms with Crippen molar-refractivity contribution in [3.8, 4) is 5.75 Å². The van der Waals surface area contributed by atoms with Crippen molar-refractivity contribution < 1.29 is 4.74 Å². The molecule has 0 saturated heterocycles. The molecule has 0 bridgehead atoms. The summed E-state index contributed by atoms with van der Waals surface area (Å²) in [4.78, 5) is 4.30. The molecule has 0 spiro atoms. The molecule has 17 heavy (non-hydrogen) atoms. The van der Waals surface area contributed by atoms with E-state index in [9.17, 15) is 0 Å². The minimum absolute atomic E-state index is 0.497. The van der Waals surface area contributed by atoms with Gasteiger partial charge in [0.25, 0.3) is 0 Å². The Labute approximate surface area is 102 Å². The molecule has 3 heteroatoms. The van der Waals surface area contributed by atoms with E-state index in [1.807, 2.05) is 30.3 Å². The van der Waals surface area contributed by atoms with Gasteiger partial charge in [0.05, 0.1) is 5.52 Å². The molecule has 0 aliphatic heterocycles. The lowest BCUT2D eigenvalue weighted by Crippen LogP contribution is -2.27. The molecule has 1 N–H and O–H groups in total. The van der Waals surface area contributed by atoms with Gasteiger partial charge >= 0.3 is 0 Å². The van der Waals surface area contributed by atoms with Crippen molar-refractivity contribution in [3.63, 3.8) is 0 Å². The molecule has 0 aliphatic carbocycles. The summed E-state index contributed by atoms with van der Waals surface area (Å²) in [5, 5.41) is 4.45. The molecular formula is C14H18N2O. The SMILES string of the molecule is CC(C)NCCOc1ccc2cccnc2c1. The van der Waals surface area contributed by atoms with E-state index in [1.165, 1.54) is 0 Å². The summed E-state index contributed by atoms with van der Waals surface area (Å²) in [5.74, 6) is 0.877. The van der Waals surface area contributed by atoms with Crippen molar-refractivity contribution in [1.29, 1.82) is 0 Å². The Bertz CT molecular complexity index is 482. The molecule has 1 aromatic carbocycles. The number of ether oxygens (including phenoxy) is 1. The molecule has 0 amide bonds. The molecule has 90 valence electrons. The normalized spacial score (nSPS) is 11.0. The lowest BCUT2D eigenvalue weighted by atomic mass is 10.2. The van der Waals surface area contributed by atoms with Crippen LogP contribution in [0.25, 0.3) is 10.9 Å². The summed E-state index contributed by atoms with van der Waals surface area (Å²) in [5.41, 5.74) is 0.974. The summed E-state index contributed by atoms with van der Waals surface area (Å²) in [6, 6.07) is 10.5. The Kier molecular flexibility index (Phi) is 3.94. The number of nitrogens with one attached hydrogen (secondary N) is 1. The van der Waals surface area contributed by atoms with Gasteiger partial charge in [0.1, 0.15) is 12.4 Å². The van der Waals surface area contributed by atoms with Gasteiger partial charge in [0.15, 0.2) is 0 Å². The van der Waals surface area contributed by atoms with Gasteiger partial charge in [-0.25, -0.2) is 0 Å². The van der Waals surface area contributed by atoms with E-state index in [4.69, 9.17) is 4.74 Å². The van der Waals surface area contributed by atoms with Crippen LogP contribution in [0.2, 0.25) is 0 Å². The molecule has 0 unspecified atom stereocenters. The Morgan fingerprint density at radius 2 is 2.18 bits per heavy atom. The van der Waals surface area contributed by atoms with Gasteiger partial charge in [-0.2, -0.15) is 0 Å². The van der Waals surface area contributed by atoms with Gasteiger partial charge in [-0.1, -0.05) is 19.9 Å². The van der Waals surface area contributed by atoms with Crippen LogP contribution in [0.15, 0.2) is 36.5 Å².